The van der Waals surface area contributed by atoms with Crippen molar-refractivity contribution >= 4 is 39.1 Å². The molecule has 3 aromatic carbocycles. The number of anilines is 1. The first kappa shape index (κ1) is 22.3. The van der Waals surface area contributed by atoms with Crippen molar-refractivity contribution in [2.24, 2.45) is 0 Å². The number of sulfonamides is 1. The topological polar surface area (TPSA) is 104 Å². The van der Waals surface area contributed by atoms with Crippen molar-refractivity contribution in [3.05, 3.63) is 94.5 Å². The largest absolute Gasteiger partial charge is 0.280 e. The molecule has 0 fully saturated rings. The summed E-state index contributed by atoms with van der Waals surface area (Å²) in [5.41, 5.74) is 6.87. The molecule has 160 valence electrons. The lowest BCUT2D eigenvalue weighted by Gasteiger charge is -2.11. The minimum absolute atomic E-state index is 0.0789. The van der Waals surface area contributed by atoms with E-state index in [2.05, 4.69) is 15.6 Å². The zero-order valence-corrected chi connectivity index (χ0v) is 18.1. The second kappa shape index (κ2) is 9.63. The summed E-state index contributed by atoms with van der Waals surface area (Å²) in [6, 6.07) is 19.1. The Morgan fingerprint density at radius 3 is 2.32 bits per heavy atom. The van der Waals surface area contributed by atoms with Gasteiger partial charge in [-0.1, -0.05) is 41.9 Å². The fourth-order valence-electron chi connectivity index (χ4n) is 2.76. The number of nitrogens with one attached hydrogen (secondary N) is 3. The fraction of sp³-hybridized carbons (Fsp3) is 0.0909. The van der Waals surface area contributed by atoms with Gasteiger partial charge in [0.15, 0.2) is 0 Å². The maximum atomic E-state index is 12.6. The van der Waals surface area contributed by atoms with Crippen LogP contribution in [0, 0.1) is 6.92 Å². The minimum atomic E-state index is -3.92. The first-order valence-electron chi connectivity index (χ1n) is 9.27. The van der Waals surface area contributed by atoms with Crippen LogP contribution in [0.1, 0.15) is 21.5 Å². The lowest BCUT2D eigenvalue weighted by atomic mass is 10.1. The van der Waals surface area contributed by atoms with Crippen molar-refractivity contribution in [2.75, 3.05) is 4.72 Å². The average molecular weight is 458 g/mol. The summed E-state index contributed by atoms with van der Waals surface area (Å²) in [5.74, 6) is -1.03. The maximum absolute atomic E-state index is 12.6. The van der Waals surface area contributed by atoms with E-state index in [0.29, 0.717) is 10.7 Å². The van der Waals surface area contributed by atoms with Crippen LogP contribution in [-0.4, -0.2) is 20.2 Å². The van der Waals surface area contributed by atoms with E-state index < -0.39 is 21.8 Å². The van der Waals surface area contributed by atoms with Crippen LogP contribution in [0.4, 0.5) is 5.69 Å². The van der Waals surface area contributed by atoms with Gasteiger partial charge in [0.25, 0.3) is 15.9 Å². The van der Waals surface area contributed by atoms with Gasteiger partial charge < -0.3 is 0 Å². The Kier molecular flexibility index (Phi) is 6.94. The van der Waals surface area contributed by atoms with Crippen LogP contribution < -0.4 is 15.6 Å². The number of carbonyl (C=O) groups excluding carboxylic acids is 2. The van der Waals surface area contributed by atoms with Crippen LogP contribution in [-0.2, 0) is 21.2 Å². The van der Waals surface area contributed by atoms with Crippen LogP contribution in [0.3, 0.4) is 0 Å². The van der Waals surface area contributed by atoms with Crippen LogP contribution in [0.5, 0.6) is 0 Å². The summed E-state index contributed by atoms with van der Waals surface area (Å²) < 4.78 is 27.7. The van der Waals surface area contributed by atoms with Crippen molar-refractivity contribution in [3.8, 4) is 0 Å². The molecule has 0 aliphatic carbocycles. The van der Waals surface area contributed by atoms with Crippen molar-refractivity contribution in [3.63, 3.8) is 0 Å². The van der Waals surface area contributed by atoms with E-state index in [-0.39, 0.29) is 16.9 Å². The predicted octanol–water partition coefficient (Wildman–Crippen LogP) is 3.45. The molecule has 3 rings (SSSR count). The van der Waals surface area contributed by atoms with Crippen LogP contribution in [0.15, 0.2) is 77.7 Å². The monoisotopic (exact) mass is 457 g/mol. The van der Waals surface area contributed by atoms with E-state index in [1.165, 1.54) is 36.4 Å². The third-order valence-electron chi connectivity index (χ3n) is 4.43. The van der Waals surface area contributed by atoms with Gasteiger partial charge in [-0.2, -0.15) is 0 Å². The normalized spacial score (nSPS) is 10.9. The smallest absolute Gasteiger partial charge is 0.269 e. The maximum Gasteiger partial charge on any atom is 0.269 e. The quantitative estimate of drug-likeness (QED) is 0.493. The van der Waals surface area contributed by atoms with E-state index >= 15 is 0 Å². The molecule has 0 saturated carbocycles. The fourth-order valence-corrected chi connectivity index (χ4v) is 3.99. The van der Waals surface area contributed by atoms with Crippen molar-refractivity contribution < 1.29 is 18.0 Å². The zero-order valence-electron chi connectivity index (χ0n) is 16.6. The molecule has 0 aliphatic heterocycles. The van der Waals surface area contributed by atoms with Crippen LogP contribution in [0.25, 0.3) is 0 Å². The van der Waals surface area contributed by atoms with E-state index in [1.807, 2.05) is 31.2 Å². The molecule has 0 atom stereocenters. The van der Waals surface area contributed by atoms with Gasteiger partial charge in [0.1, 0.15) is 0 Å². The lowest BCUT2D eigenvalue weighted by Crippen LogP contribution is -2.42. The zero-order chi connectivity index (χ0) is 22.4. The average Bonchev–Trinajstić information content (AvgIpc) is 2.75. The molecular formula is C22H20ClN3O4S. The molecule has 0 aliphatic rings. The molecule has 3 aromatic rings. The van der Waals surface area contributed by atoms with E-state index in [4.69, 9.17) is 11.6 Å². The third-order valence-corrected chi connectivity index (χ3v) is 6.06. The van der Waals surface area contributed by atoms with Gasteiger partial charge in [-0.25, -0.2) is 8.42 Å². The van der Waals surface area contributed by atoms with Gasteiger partial charge >= 0.3 is 0 Å². The summed E-state index contributed by atoms with van der Waals surface area (Å²) in [6.45, 7) is 1.89. The van der Waals surface area contributed by atoms with E-state index in [9.17, 15) is 18.0 Å². The SMILES string of the molecule is Cc1ccccc1CC(=O)NNC(=O)c1cccc(S(=O)(=O)Nc2ccc(Cl)cc2)c1. The Bertz CT molecular complexity index is 1210. The van der Waals surface area contributed by atoms with Crippen molar-refractivity contribution in [1.82, 2.24) is 10.9 Å². The van der Waals surface area contributed by atoms with Gasteiger partial charge in [0, 0.05) is 16.3 Å². The standard InChI is InChI=1S/C22H20ClN3O4S/c1-15-5-2-3-6-16(15)14-21(27)24-25-22(28)17-7-4-8-20(13-17)31(29,30)26-19-11-9-18(23)10-12-19/h2-13,26H,14H2,1H3,(H,24,27)(H,25,28). The number of carbonyl (C=O) groups is 2. The highest BCUT2D eigenvalue weighted by molar-refractivity contribution is 7.92. The summed E-state index contributed by atoms with van der Waals surface area (Å²) >= 11 is 5.81. The Balaban J connectivity index is 1.64. The first-order chi connectivity index (χ1) is 14.7. The molecule has 0 spiro atoms. The Morgan fingerprint density at radius 2 is 1.61 bits per heavy atom. The number of hydrazine groups is 1. The van der Waals surface area contributed by atoms with E-state index in [1.54, 1.807) is 12.1 Å². The summed E-state index contributed by atoms with van der Waals surface area (Å²) in [7, 11) is -3.92. The van der Waals surface area contributed by atoms with Gasteiger partial charge in [-0.3, -0.25) is 25.2 Å². The minimum Gasteiger partial charge on any atom is -0.280 e. The molecule has 3 N–H and O–H groups in total. The summed E-state index contributed by atoms with van der Waals surface area (Å²) in [6.07, 6.45) is 0.104. The number of amides is 2. The number of hydrogen-bond acceptors (Lipinski definition) is 4. The molecular weight excluding hydrogens is 438 g/mol. The van der Waals surface area contributed by atoms with Gasteiger partial charge in [-0.05, 0) is 60.5 Å². The highest BCUT2D eigenvalue weighted by Crippen LogP contribution is 2.19. The summed E-state index contributed by atoms with van der Waals surface area (Å²) in [4.78, 5) is 24.4. The summed E-state index contributed by atoms with van der Waals surface area (Å²) in [5, 5.41) is 0.478. The number of halogens is 1. The second-order valence-electron chi connectivity index (χ2n) is 6.75. The van der Waals surface area contributed by atoms with Gasteiger partial charge in [0.05, 0.1) is 11.3 Å². The molecule has 0 saturated heterocycles. The molecule has 0 bridgehead atoms. The number of rotatable bonds is 6. The second-order valence-corrected chi connectivity index (χ2v) is 8.86. The predicted molar refractivity (Wildman–Crippen MR) is 119 cm³/mol. The highest BCUT2D eigenvalue weighted by Gasteiger charge is 2.17. The number of benzene rings is 3. The molecule has 0 heterocycles. The van der Waals surface area contributed by atoms with Crippen molar-refractivity contribution in [1.29, 1.82) is 0 Å². The van der Waals surface area contributed by atoms with Crippen LogP contribution in [0.2, 0.25) is 5.02 Å². The Labute approximate surface area is 185 Å². The molecule has 2 amide bonds. The lowest BCUT2D eigenvalue weighted by molar-refractivity contribution is -0.121. The molecule has 9 heteroatoms. The van der Waals surface area contributed by atoms with Crippen LogP contribution >= 0.6 is 11.6 Å². The Hall–Kier alpha value is -3.36. The highest BCUT2D eigenvalue weighted by atomic mass is 35.5. The Morgan fingerprint density at radius 1 is 0.903 bits per heavy atom. The first-order valence-corrected chi connectivity index (χ1v) is 11.1. The molecule has 7 nitrogen and oxygen atoms in total. The molecule has 0 unspecified atom stereocenters. The van der Waals surface area contributed by atoms with Gasteiger partial charge in [0.2, 0.25) is 5.91 Å². The number of hydrogen-bond donors (Lipinski definition) is 3. The molecule has 31 heavy (non-hydrogen) atoms. The third kappa shape index (κ3) is 6.07. The van der Waals surface area contributed by atoms with E-state index in [0.717, 1.165) is 11.1 Å². The molecule has 0 radical (unpaired) electrons. The van der Waals surface area contributed by atoms with Crippen molar-refractivity contribution in [2.45, 2.75) is 18.2 Å². The number of aryl methyl sites for hydroxylation is 1. The van der Waals surface area contributed by atoms with Gasteiger partial charge in [-0.15, -0.1) is 0 Å². The molecule has 0 aromatic heterocycles.